The summed E-state index contributed by atoms with van der Waals surface area (Å²) in [4.78, 5) is 11.8. The number of methoxy groups -OCH3 is 1. The molecular formula is C15H23NO4. The highest BCUT2D eigenvalue weighted by atomic mass is 16.5. The molecule has 1 rings (SSSR count). The highest BCUT2D eigenvalue weighted by molar-refractivity contribution is 5.80. The average molecular weight is 281 g/mol. The van der Waals surface area contributed by atoms with Crippen LogP contribution >= 0.6 is 0 Å². The van der Waals surface area contributed by atoms with Crippen LogP contribution in [0.2, 0.25) is 0 Å². The molecule has 0 saturated heterocycles. The van der Waals surface area contributed by atoms with E-state index in [9.17, 15) is 9.90 Å². The maximum absolute atomic E-state index is 11.8. The molecule has 0 fully saturated rings. The molecule has 5 nitrogen and oxygen atoms in total. The van der Waals surface area contributed by atoms with Gasteiger partial charge in [-0.15, -0.1) is 0 Å². The van der Waals surface area contributed by atoms with Crippen LogP contribution in [0.4, 0.5) is 0 Å². The van der Waals surface area contributed by atoms with Crippen molar-refractivity contribution < 1.29 is 19.4 Å². The molecule has 1 amide bonds. The first kappa shape index (κ1) is 16.3. The van der Waals surface area contributed by atoms with Gasteiger partial charge in [0.15, 0.2) is 17.6 Å². The predicted molar refractivity (Wildman–Crippen MR) is 77.0 cm³/mol. The average Bonchev–Trinajstić information content (AvgIpc) is 2.44. The molecule has 5 heteroatoms. The monoisotopic (exact) mass is 281 g/mol. The molecular weight excluding hydrogens is 258 g/mol. The van der Waals surface area contributed by atoms with E-state index < -0.39 is 12.2 Å². The Balaban J connectivity index is 2.78. The fraction of sp³-hybridized carbons (Fsp3) is 0.533. The van der Waals surface area contributed by atoms with E-state index >= 15 is 0 Å². The van der Waals surface area contributed by atoms with E-state index in [0.717, 1.165) is 12.0 Å². The zero-order valence-electron chi connectivity index (χ0n) is 12.5. The molecule has 1 unspecified atom stereocenters. The molecule has 112 valence electrons. The number of aliphatic hydroxyl groups is 1. The summed E-state index contributed by atoms with van der Waals surface area (Å²) in [6.45, 7) is 5.98. The normalized spacial score (nSPS) is 13.4. The fourth-order valence-electron chi connectivity index (χ4n) is 1.68. The van der Waals surface area contributed by atoms with Crippen molar-refractivity contribution in [1.29, 1.82) is 0 Å². The molecule has 2 atom stereocenters. The highest BCUT2D eigenvalue weighted by Gasteiger charge is 2.17. The van der Waals surface area contributed by atoms with Crippen LogP contribution in [0.15, 0.2) is 18.2 Å². The quantitative estimate of drug-likeness (QED) is 0.802. The standard InChI is InChI=1S/C15H23NO4/c1-5-8-16-15(18)11(3)20-13-7-6-12(10(2)17)9-14(13)19-4/h6-7,9-11,17H,5,8H2,1-4H3,(H,16,18)/t10-,11?/m1/s1. The van der Waals surface area contributed by atoms with Gasteiger partial charge in [-0.25, -0.2) is 0 Å². The van der Waals surface area contributed by atoms with Crippen LogP contribution < -0.4 is 14.8 Å². The van der Waals surface area contributed by atoms with Crippen LogP contribution in [-0.2, 0) is 4.79 Å². The second kappa shape index (κ2) is 7.75. The third-order valence-corrected chi connectivity index (χ3v) is 2.89. The van der Waals surface area contributed by atoms with Gasteiger partial charge < -0.3 is 19.9 Å². The van der Waals surface area contributed by atoms with Gasteiger partial charge in [0.25, 0.3) is 5.91 Å². The van der Waals surface area contributed by atoms with Crippen molar-refractivity contribution in [1.82, 2.24) is 5.32 Å². The van der Waals surface area contributed by atoms with Crippen LogP contribution in [0, 0.1) is 0 Å². The number of hydrogen-bond donors (Lipinski definition) is 2. The number of hydrogen-bond acceptors (Lipinski definition) is 4. The molecule has 1 aromatic carbocycles. The Morgan fingerprint density at radius 2 is 2.05 bits per heavy atom. The van der Waals surface area contributed by atoms with Gasteiger partial charge in [0.05, 0.1) is 13.2 Å². The largest absolute Gasteiger partial charge is 0.493 e. The second-order valence-corrected chi connectivity index (χ2v) is 4.64. The van der Waals surface area contributed by atoms with E-state index in [1.807, 2.05) is 6.92 Å². The van der Waals surface area contributed by atoms with Gasteiger partial charge in [0, 0.05) is 6.54 Å². The molecule has 2 N–H and O–H groups in total. The van der Waals surface area contributed by atoms with Gasteiger partial charge >= 0.3 is 0 Å². The molecule has 0 aliphatic carbocycles. The van der Waals surface area contributed by atoms with Crippen molar-refractivity contribution in [3.63, 3.8) is 0 Å². The first-order valence-electron chi connectivity index (χ1n) is 6.80. The van der Waals surface area contributed by atoms with Crippen molar-refractivity contribution in [3.8, 4) is 11.5 Å². The van der Waals surface area contributed by atoms with E-state index in [1.165, 1.54) is 7.11 Å². The van der Waals surface area contributed by atoms with Crippen molar-refractivity contribution >= 4 is 5.91 Å². The van der Waals surface area contributed by atoms with E-state index in [2.05, 4.69) is 5.32 Å². The third-order valence-electron chi connectivity index (χ3n) is 2.89. The van der Waals surface area contributed by atoms with E-state index in [1.54, 1.807) is 32.0 Å². The predicted octanol–water partition coefficient (Wildman–Crippen LogP) is 2.04. The number of rotatable bonds is 7. The SMILES string of the molecule is CCCNC(=O)C(C)Oc1ccc([C@@H](C)O)cc1OC. The number of aliphatic hydroxyl groups excluding tert-OH is 1. The summed E-state index contributed by atoms with van der Waals surface area (Å²) >= 11 is 0. The van der Waals surface area contributed by atoms with Gasteiger partial charge in [-0.05, 0) is 38.0 Å². The Labute approximate surface area is 119 Å². The summed E-state index contributed by atoms with van der Waals surface area (Å²) in [6, 6.07) is 5.15. The van der Waals surface area contributed by atoms with E-state index in [4.69, 9.17) is 9.47 Å². The lowest BCUT2D eigenvalue weighted by Crippen LogP contribution is -2.36. The highest BCUT2D eigenvalue weighted by Crippen LogP contribution is 2.30. The zero-order chi connectivity index (χ0) is 15.1. The molecule has 0 spiro atoms. The van der Waals surface area contributed by atoms with Crippen molar-refractivity contribution in [3.05, 3.63) is 23.8 Å². The summed E-state index contributed by atoms with van der Waals surface area (Å²) in [5.41, 5.74) is 0.734. The topological polar surface area (TPSA) is 67.8 Å². The molecule has 0 aliphatic rings. The molecule has 0 heterocycles. The van der Waals surface area contributed by atoms with Gasteiger partial charge in [-0.3, -0.25) is 4.79 Å². The molecule has 0 aromatic heterocycles. The number of benzene rings is 1. The van der Waals surface area contributed by atoms with Gasteiger partial charge in [0.1, 0.15) is 0 Å². The first-order valence-corrected chi connectivity index (χ1v) is 6.80. The van der Waals surface area contributed by atoms with Crippen molar-refractivity contribution in [2.45, 2.75) is 39.4 Å². The lowest BCUT2D eigenvalue weighted by atomic mass is 10.1. The van der Waals surface area contributed by atoms with Crippen LogP contribution in [0.5, 0.6) is 11.5 Å². The third kappa shape index (κ3) is 4.42. The maximum atomic E-state index is 11.8. The molecule has 0 radical (unpaired) electrons. The Morgan fingerprint density at radius 1 is 1.35 bits per heavy atom. The van der Waals surface area contributed by atoms with Crippen LogP contribution in [-0.4, -0.2) is 30.8 Å². The Morgan fingerprint density at radius 3 is 2.60 bits per heavy atom. The number of amides is 1. The summed E-state index contributed by atoms with van der Waals surface area (Å²) in [5, 5.41) is 12.3. The molecule has 0 bridgehead atoms. The minimum Gasteiger partial charge on any atom is -0.493 e. The summed E-state index contributed by atoms with van der Waals surface area (Å²) in [6.07, 6.45) is -0.304. The molecule has 20 heavy (non-hydrogen) atoms. The summed E-state index contributed by atoms with van der Waals surface area (Å²) < 4.78 is 10.8. The number of carbonyl (C=O) groups is 1. The Kier molecular flexibility index (Phi) is 6.31. The van der Waals surface area contributed by atoms with Gasteiger partial charge in [-0.1, -0.05) is 13.0 Å². The maximum Gasteiger partial charge on any atom is 0.260 e. The van der Waals surface area contributed by atoms with Crippen LogP contribution in [0.25, 0.3) is 0 Å². The number of ether oxygens (including phenoxy) is 2. The van der Waals surface area contributed by atoms with Crippen LogP contribution in [0.3, 0.4) is 0 Å². The zero-order valence-corrected chi connectivity index (χ0v) is 12.5. The molecule has 0 aliphatic heterocycles. The van der Waals surface area contributed by atoms with Gasteiger partial charge in [0.2, 0.25) is 0 Å². The number of carbonyl (C=O) groups excluding carboxylic acids is 1. The summed E-state index contributed by atoms with van der Waals surface area (Å²) in [5.74, 6) is 0.822. The number of nitrogens with one attached hydrogen (secondary N) is 1. The molecule has 0 saturated carbocycles. The minimum atomic E-state index is -0.604. The van der Waals surface area contributed by atoms with Gasteiger partial charge in [-0.2, -0.15) is 0 Å². The summed E-state index contributed by atoms with van der Waals surface area (Å²) in [7, 11) is 1.52. The van der Waals surface area contributed by atoms with Crippen molar-refractivity contribution in [2.75, 3.05) is 13.7 Å². The Bertz CT molecular complexity index is 445. The lowest BCUT2D eigenvalue weighted by molar-refractivity contribution is -0.127. The Hall–Kier alpha value is -1.75. The fourth-order valence-corrected chi connectivity index (χ4v) is 1.68. The first-order chi connectivity index (χ1) is 9.49. The minimum absolute atomic E-state index is 0.159. The lowest BCUT2D eigenvalue weighted by Gasteiger charge is -2.17. The second-order valence-electron chi connectivity index (χ2n) is 4.64. The van der Waals surface area contributed by atoms with Crippen LogP contribution in [0.1, 0.15) is 38.9 Å². The van der Waals surface area contributed by atoms with Crippen molar-refractivity contribution in [2.24, 2.45) is 0 Å². The van der Waals surface area contributed by atoms with E-state index in [0.29, 0.717) is 18.0 Å². The molecule has 1 aromatic rings. The smallest absolute Gasteiger partial charge is 0.260 e. The van der Waals surface area contributed by atoms with E-state index in [-0.39, 0.29) is 5.91 Å².